The van der Waals surface area contributed by atoms with Crippen LogP contribution in [0.15, 0.2) is 91.1 Å². The van der Waals surface area contributed by atoms with Gasteiger partial charge < -0.3 is 10.1 Å². The van der Waals surface area contributed by atoms with E-state index in [1.165, 1.54) is 0 Å². The van der Waals surface area contributed by atoms with Crippen molar-refractivity contribution in [1.82, 2.24) is 9.97 Å². The van der Waals surface area contributed by atoms with E-state index in [1.54, 1.807) is 60.8 Å². The summed E-state index contributed by atoms with van der Waals surface area (Å²) in [6.07, 6.45) is 1.64. The largest absolute Gasteiger partial charge is 0.439 e. The normalized spacial score (nSPS) is 10.4. The first-order chi connectivity index (χ1) is 14.2. The third-order valence-electron chi connectivity index (χ3n) is 4.08. The maximum Gasteiger partial charge on any atom is 0.255 e. The van der Waals surface area contributed by atoms with Gasteiger partial charge in [-0.15, -0.1) is 0 Å². The predicted molar refractivity (Wildman–Crippen MR) is 113 cm³/mol. The molecular weight excluding hydrogens is 386 g/mol. The number of halogens is 1. The third kappa shape index (κ3) is 4.78. The number of rotatable bonds is 5. The van der Waals surface area contributed by atoms with E-state index in [2.05, 4.69) is 15.3 Å². The van der Waals surface area contributed by atoms with Crippen LogP contribution < -0.4 is 10.1 Å². The van der Waals surface area contributed by atoms with Crippen LogP contribution >= 0.6 is 11.6 Å². The van der Waals surface area contributed by atoms with Gasteiger partial charge in [-0.05, 0) is 42.5 Å². The summed E-state index contributed by atoms with van der Waals surface area (Å²) in [6.45, 7) is 0. The molecule has 0 saturated heterocycles. The third-order valence-corrected chi connectivity index (χ3v) is 4.32. The Morgan fingerprint density at radius 2 is 1.69 bits per heavy atom. The second-order valence-corrected chi connectivity index (χ2v) is 6.61. The summed E-state index contributed by atoms with van der Waals surface area (Å²) in [4.78, 5) is 21.2. The molecule has 0 aliphatic rings. The van der Waals surface area contributed by atoms with E-state index in [9.17, 15) is 4.79 Å². The summed E-state index contributed by atoms with van der Waals surface area (Å²) >= 11 is 5.95. The van der Waals surface area contributed by atoms with Gasteiger partial charge in [0.25, 0.3) is 5.91 Å². The van der Waals surface area contributed by atoms with E-state index in [0.717, 1.165) is 5.56 Å². The second kappa shape index (κ2) is 8.54. The van der Waals surface area contributed by atoms with Crippen molar-refractivity contribution in [2.75, 3.05) is 5.32 Å². The van der Waals surface area contributed by atoms with E-state index >= 15 is 0 Å². The number of hydrogen-bond acceptors (Lipinski definition) is 4. The summed E-state index contributed by atoms with van der Waals surface area (Å²) in [5.41, 5.74) is 1.94. The number of anilines is 1. The van der Waals surface area contributed by atoms with E-state index in [1.807, 2.05) is 30.3 Å². The molecule has 0 fully saturated rings. The van der Waals surface area contributed by atoms with Crippen molar-refractivity contribution in [3.63, 3.8) is 0 Å². The van der Waals surface area contributed by atoms with Crippen LogP contribution in [-0.2, 0) is 0 Å². The van der Waals surface area contributed by atoms with Crippen molar-refractivity contribution in [1.29, 1.82) is 0 Å². The highest BCUT2D eigenvalue weighted by Crippen LogP contribution is 2.22. The van der Waals surface area contributed by atoms with Crippen molar-refractivity contribution < 1.29 is 9.53 Å². The number of carbonyl (C=O) groups excluding carboxylic acids is 1. The Bertz CT molecular complexity index is 1130. The van der Waals surface area contributed by atoms with Crippen LogP contribution in [0.5, 0.6) is 11.6 Å². The first-order valence-electron chi connectivity index (χ1n) is 8.91. The number of aromatic nitrogens is 2. The average molecular weight is 402 g/mol. The maximum absolute atomic E-state index is 12.4. The minimum atomic E-state index is -0.221. The number of ether oxygens (including phenoxy) is 1. The van der Waals surface area contributed by atoms with Gasteiger partial charge >= 0.3 is 0 Å². The number of carbonyl (C=O) groups is 1. The quantitative estimate of drug-likeness (QED) is 0.456. The summed E-state index contributed by atoms with van der Waals surface area (Å²) in [6, 6.07) is 25.2. The lowest BCUT2D eigenvalue weighted by Gasteiger charge is -2.08. The van der Waals surface area contributed by atoms with Gasteiger partial charge in [0.1, 0.15) is 5.75 Å². The Morgan fingerprint density at radius 3 is 2.45 bits per heavy atom. The van der Waals surface area contributed by atoms with Crippen molar-refractivity contribution in [2.24, 2.45) is 0 Å². The van der Waals surface area contributed by atoms with E-state index in [-0.39, 0.29) is 5.91 Å². The first kappa shape index (κ1) is 18.7. The smallest absolute Gasteiger partial charge is 0.255 e. The molecule has 0 saturated carbocycles. The summed E-state index contributed by atoms with van der Waals surface area (Å²) < 4.78 is 5.75. The molecule has 29 heavy (non-hydrogen) atoms. The monoisotopic (exact) mass is 401 g/mol. The summed E-state index contributed by atoms with van der Waals surface area (Å²) in [5.74, 6) is 1.44. The van der Waals surface area contributed by atoms with Gasteiger partial charge in [-0.25, -0.2) is 4.98 Å². The van der Waals surface area contributed by atoms with Crippen LogP contribution in [-0.4, -0.2) is 15.9 Å². The van der Waals surface area contributed by atoms with Gasteiger partial charge in [0, 0.05) is 34.1 Å². The molecule has 0 atom stereocenters. The molecule has 142 valence electrons. The zero-order valence-corrected chi connectivity index (χ0v) is 16.0. The number of nitrogens with zero attached hydrogens (tertiary/aromatic N) is 2. The maximum atomic E-state index is 12.4. The number of amides is 1. The molecule has 0 aliphatic heterocycles. The number of nitrogens with one attached hydrogen (secondary N) is 1. The van der Waals surface area contributed by atoms with Crippen LogP contribution in [0.1, 0.15) is 10.4 Å². The van der Waals surface area contributed by atoms with Gasteiger partial charge in [-0.3, -0.25) is 4.79 Å². The lowest BCUT2D eigenvalue weighted by atomic mass is 10.1. The minimum Gasteiger partial charge on any atom is -0.439 e. The SMILES string of the molecule is O=C(Nc1cccc(Cl)c1)c1ccc(-c2nccc(Oc3ccccc3)n2)cc1. The van der Waals surface area contributed by atoms with E-state index < -0.39 is 0 Å². The molecule has 1 aromatic heterocycles. The molecule has 0 spiro atoms. The van der Waals surface area contributed by atoms with Crippen LogP contribution in [0.2, 0.25) is 5.02 Å². The van der Waals surface area contributed by atoms with Crippen LogP contribution in [0.25, 0.3) is 11.4 Å². The van der Waals surface area contributed by atoms with Crippen molar-refractivity contribution in [3.05, 3.63) is 102 Å². The van der Waals surface area contributed by atoms with Crippen LogP contribution in [0.3, 0.4) is 0 Å². The fourth-order valence-electron chi connectivity index (χ4n) is 2.69. The molecule has 3 aromatic carbocycles. The van der Waals surface area contributed by atoms with Crippen molar-refractivity contribution in [2.45, 2.75) is 0 Å². The molecule has 0 aliphatic carbocycles. The van der Waals surface area contributed by atoms with E-state index in [0.29, 0.717) is 33.7 Å². The Kier molecular flexibility index (Phi) is 5.49. The van der Waals surface area contributed by atoms with Crippen LogP contribution in [0, 0.1) is 0 Å². The Hall–Kier alpha value is -3.70. The zero-order valence-electron chi connectivity index (χ0n) is 15.2. The topological polar surface area (TPSA) is 64.1 Å². The van der Waals surface area contributed by atoms with E-state index in [4.69, 9.17) is 16.3 Å². The fraction of sp³-hybridized carbons (Fsp3) is 0. The second-order valence-electron chi connectivity index (χ2n) is 6.18. The van der Waals surface area contributed by atoms with Gasteiger partial charge in [0.2, 0.25) is 5.88 Å². The molecule has 0 bridgehead atoms. The van der Waals surface area contributed by atoms with Gasteiger partial charge in [0.15, 0.2) is 5.82 Å². The summed E-state index contributed by atoms with van der Waals surface area (Å²) in [7, 11) is 0. The minimum absolute atomic E-state index is 0.221. The molecule has 1 amide bonds. The molecule has 1 N–H and O–H groups in total. The molecule has 4 aromatic rings. The van der Waals surface area contributed by atoms with Gasteiger partial charge in [-0.1, -0.05) is 48.0 Å². The zero-order chi connectivity index (χ0) is 20.1. The molecule has 5 nitrogen and oxygen atoms in total. The van der Waals surface area contributed by atoms with Gasteiger partial charge in [0.05, 0.1) is 0 Å². The molecule has 1 heterocycles. The van der Waals surface area contributed by atoms with Gasteiger partial charge in [-0.2, -0.15) is 4.98 Å². The molecule has 4 rings (SSSR count). The molecule has 0 radical (unpaired) electrons. The lowest BCUT2D eigenvalue weighted by Crippen LogP contribution is -2.11. The lowest BCUT2D eigenvalue weighted by molar-refractivity contribution is 0.102. The summed E-state index contributed by atoms with van der Waals surface area (Å²) in [5, 5.41) is 3.38. The fourth-order valence-corrected chi connectivity index (χ4v) is 2.88. The highest BCUT2D eigenvalue weighted by molar-refractivity contribution is 6.31. The Balaban J connectivity index is 1.49. The first-order valence-corrected chi connectivity index (χ1v) is 9.28. The van der Waals surface area contributed by atoms with Crippen LogP contribution in [0.4, 0.5) is 5.69 Å². The number of para-hydroxylation sites is 1. The Morgan fingerprint density at radius 1 is 0.897 bits per heavy atom. The molecular formula is C23H16ClN3O2. The highest BCUT2D eigenvalue weighted by Gasteiger charge is 2.09. The average Bonchev–Trinajstić information content (AvgIpc) is 2.75. The molecule has 6 heteroatoms. The Labute approximate surface area is 173 Å². The number of hydrogen-bond donors (Lipinski definition) is 1. The van der Waals surface area contributed by atoms with Crippen molar-refractivity contribution in [3.8, 4) is 23.0 Å². The highest BCUT2D eigenvalue weighted by atomic mass is 35.5. The number of benzene rings is 3. The molecule has 0 unspecified atom stereocenters. The predicted octanol–water partition coefficient (Wildman–Crippen LogP) is 5.84. The standard InChI is InChI=1S/C23H16ClN3O2/c24-18-5-4-6-19(15-18)26-23(28)17-11-9-16(10-12-17)22-25-14-13-21(27-22)29-20-7-2-1-3-8-20/h1-15H,(H,26,28). The van der Waals surface area contributed by atoms with Crippen molar-refractivity contribution >= 4 is 23.2 Å².